The number of anilines is 1. The molecule has 0 radical (unpaired) electrons. The molecular weight excluding hydrogens is 370 g/mol. The van der Waals surface area contributed by atoms with Crippen LogP contribution in [0.2, 0.25) is 0 Å². The first-order valence-corrected chi connectivity index (χ1v) is 7.39. The number of nitrogens with zero attached hydrogens (tertiary/aromatic N) is 1. The summed E-state index contributed by atoms with van der Waals surface area (Å²) in [6.45, 7) is 0.740. The molecule has 4 heteroatoms. The molecule has 0 spiro atoms. The Balaban J connectivity index is 2.28. The Kier molecular flexibility index (Phi) is 4.77. The molecule has 0 saturated heterocycles. The molecule has 2 nitrogen and oxygen atoms in total. The van der Waals surface area contributed by atoms with E-state index in [0.29, 0.717) is 5.56 Å². The van der Waals surface area contributed by atoms with E-state index in [1.807, 2.05) is 43.4 Å². The minimum atomic E-state index is 0.684. The van der Waals surface area contributed by atoms with Gasteiger partial charge in [-0.3, -0.25) is 4.79 Å². The number of carbonyl (C=O) groups excluding carboxylic acids is 1. The van der Waals surface area contributed by atoms with Gasteiger partial charge in [-0.15, -0.1) is 0 Å². The number of benzene rings is 2. The molecule has 0 bridgehead atoms. The van der Waals surface area contributed by atoms with Gasteiger partial charge in [0.25, 0.3) is 0 Å². The molecule has 0 N–H and O–H groups in total. The summed E-state index contributed by atoms with van der Waals surface area (Å²) in [5, 5.41) is 0. The molecule has 0 atom stereocenters. The lowest BCUT2D eigenvalue weighted by Crippen LogP contribution is -2.18. The van der Waals surface area contributed by atoms with Crippen molar-refractivity contribution >= 4 is 43.8 Å². The highest BCUT2D eigenvalue weighted by molar-refractivity contribution is 9.10. The van der Waals surface area contributed by atoms with Crippen LogP contribution in [0.3, 0.4) is 0 Å². The molecule has 0 amide bonds. The number of rotatable bonds is 4. The zero-order valence-corrected chi connectivity index (χ0v) is 13.6. The van der Waals surface area contributed by atoms with Crippen LogP contribution >= 0.6 is 31.9 Å². The first-order valence-electron chi connectivity index (χ1n) is 5.81. The van der Waals surface area contributed by atoms with Gasteiger partial charge in [0.2, 0.25) is 0 Å². The van der Waals surface area contributed by atoms with Gasteiger partial charge < -0.3 is 4.90 Å². The highest BCUT2D eigenvalue weighted by Crippen LogP contribution is 2.25. The fraction of sp³-hybridized carbons (Fsp3) is 0.133. The molecule has 2 aromatic rings. The Morgan fingerprint density at radius 3 is 2.58 bits per heavy atom. The fourth-order valence-electron chi connectivity index (χ4n) is 1.93. The van der Waals surface area contributed by atoms with Crippen molar-refractivity contribution in [1.82, 2.24) is 0 Å². The highest BCUT2D eigenvalue weighted by atomic mass is 79.9. The minimum Gasteiger partial charge on any atom is -0.370 e. The maximum absolute atomic E-state index is 11.1. The molecule has 0 aromatic heterocycles. The second kappa shape index (κ2) is 6.35. The van der Waals surface area contributed by atoms with E-state index in [0.717, 1.165) is 27.5 Å². The summed E-state index contributed by atoms with van der Waals surface area (Å²) in [6, 6.07) is 13.8. The Hall–Kier alpha value is -1.13. The van der Waals surface area contributed by atoms with Crippen LogP contribution in [-0.2, 0) is 6.54 Å². The van der Waals surface area contributed by atoms with Crippen LogP contribution < -0.4 is 4.90 Å². The Morgan fingerprint density at radius 1 is 1.16 bits per heavy atom. The van der Waals surface area contributed by atoms with E-state index in [9.17, 15) is 4.79 Å². The van der Waals surface area contributed by atoms with Gasteiger partial charge in [0, 0.05) is 33.8 Å². The second-order valence-electron chi connectivity index (χ2n) is 4.27. The standard InChI is InChI=1S/C15H13Br2NO/c1-18(9-11-4-2-3-5-14(11)17)15-7-6-13(16)8-12(15)10-19/h2-8,10H,9H2,1H3. The molecule has 0 aliphatic heterocycles. The molecule has 98 valence electrons. The van der Waals surface area contributed by atoms with Gasteiger partial charge in [0.05, 0.1) is 0 Å². The molecule has 2 aromatic carbocycles. The summed E-state index contributed by atoms with van der Waals surface area (Å²) in [5.74, 6) is 0. The van der Waals surface area contributed by atoms with Crippen molar-refractivity contribution < 1.29 is 4.79 Å². The van der Waals surface area contributed by atoms with Crippen LogP contribution in [0.4, 0.5) is 5.69 Å². The van der Waals surface area contributed by atoms with E-state index >= 15 is 0 Å². The van der Waals surface area contributed by atoms with Gasteiger partial charge in [-0.2, -0.15) is 0 Å². The normalized spacial score (nSPS) is 10.3. The Morgan fingerprint density at radius 2 is 1.89 bits per heavy atom. The van der Waals surface area contributed by atoms with Crippen LogP contribution in [0.1, 0.15) is 15.9 Å². The monoisotopic (exact) mass is 381 g/mol. The molecule has 2 rings (SSSR count). The smallest absolute Gasteiger partial charge is 0.152 e. The molecule has 0 aliphatic rings. The minimum absolute atomic E-state index is 0.684. The third-order valence-electron chi connectivity index (χ3n) is 2.89. The van der Waals surface area contributed by atoms with Crippen molar-refractivity contribution in [3.8, 4) is 0 Å². The van der Waals surface area contributed by atoms with Crippen molar-refractivity contribution in [3.05, 3.63) is 62.5 Å². The van der Waals surface area contributed by atoms with Gasteiger partial charge in [-0.05, 0) is 29.8 Å². The number of carbonyl (C=O) groups is 1. The first-order chi connectivity index (χ1) is 9.11. The lowest BCUT2D eigenvalue weighted by Gasteiger charge is -2.21. The summed E-state index contributed by atoms with van der Waals surface area (Å²) in [4.78, 5) is 13.2. The van der Waals surface area contributed by atoms with Gasteiger partial charge >= 0.3 is 0 Å². The molecule has 0 heterocycles. The largest absolute Gasteiger partial charge is 0.370 e. The molecule has 0 aliphatic carbocycles. The second-order valence-corrected chi connectivity index (χ2v) is 6.04. The van der Waals surface area contributed by atoms with Crippen LogP contribution in [0.15, 0.2) is 51.4 Å². The van der Waals surface area contributed by atoms with Gasteiger partial charge in [-0.25, -0.2) is 0 Å². The predicted molar refractivity (Wildman–Crippen MR) is 85.8 cm³/mol. The predicted octanol–water partition coefficient (Wildman–Crippen LogP) is 4.66. The van der Waals surface area contributed by atoms with Gasteiger partial charge in [0.1, 0.15) is 0 Å². The average Bonchev–Trinajstić information content (AvgIpc) is 2.41. The number of halogens is 2. The number of hydrogen-bond acceptors (Lipinski definition) is 2. The van der Waals surface area contributed by atoms with E-state index in [4.69, 9.17) is 0 Å². The van der Waals surface area contributed by atoms with Crippen LogP contribution in [0, 0.1) is 0 Å². The van der Waals surface area contributed by atoms with Crippen molar-refractivity contribution in [3.63, 3.8) is 0 Å². The lowest BCUT2D eigenvalue weighted by molar-refractivity contribution is 0.112. The van der Waals surface area contributed by atoms with Crippen LogP contribution in [0.25, 0.3) is 0 Å². The van der Waals surface area contributed by atoms with E-state index < -0.39 is 0 Å². The quantitative estimate of drug-likeness (QED) is 0.716. The third kappa shape index (κ3) is 3.45. The SMILES string of the molecule is CN(Cc1ccccc1Br)c1ccc(Br)cc1C=O. The zero-order valence-electron chi connectivity index (χ0n) is 10.4. The molecule has 19 heavy (non-hydrogen) atoms. The van der Waals surface area contributed by atoms with E-state index in [1.165, 1.54) is 5.56 Å². The number of aldehydes is 1. The van der Waals surface area contributed by atoms with Crippen molar-refractivity contribution in [2.45, 2.75) is 6.54 Å². The van der Waals surface area contributed by atoms with Crippen LogP contribution in [0.5, 0.6) is 0 Å². The highest BCUT2D eigenvalue weighted by Gasteiger charge is 2.09. The zero-order chi connectivity index (χ0) is 13.8. The fourth-order valence-corrected chi connectivity index (χ4v) is 2.72. The molecular formula is C15H13Br2NO. The lowest BCUT2D eigenvalue weighted by atomic mass is 10.1. The third-order valence-corrected chi connectivity index (χ3v) is 4.16. The van der Waals surface area contributed by atoms with E-state index in [2.05, 4.69) is 42.8 Å². The van der Waals surface area contributed by atoms with Crippen molar-refractivity contribution in [2.75, 3.05) is 11.9 Å². The Bertz CT molecular complexity index is 598. The number of hydrogen-bond donors (Lipinski definition) is 0. The summed E-state index contributed by atoms with van der Waals surface area (Å²) < 4.78 is 1.99. The maximum Gasteiger partial charge on any atom is 0.152 e. The maximum atomic E-state index is 11.1. The van der Waals surface area contributed by atoms with E-state index in [1.54, 1.807) is 0 Å². The van der Waals surface area contributed by atoms with Crippen molar-refractivity contribution in [2.24, 2.45) is 0 Å². The van der Waals surface area contributed by atoms with Gasteiger partial charge in [-0.1, -0.05) is 50.1 Å². The van der Waals surface area contributed by atoms with E-state index in [-0.39, 0.29) is 0 Å². The van der Waals surface area contributed by atoms with Crippen LogP contribution in [-0.4, -0.2) is 13.3 Å². The summed E-state index contributed by atoms with van der Waals surface area (Å²) in [6.07, 6.45) is 0.886. The van der Waals surface area contributed by atoms with Crippen molar-refractivity contribution in [1.29, 1.82) is 0 Å². The topological polar surface area (TPSA) is 20.3 Å². The summed E-state index contributed by atoms with van der Waals surface area (Å²) in [7, 11) is 1.98. The van der Waals surface area contributed by atoms with Gasteiger partial charge in [0.15, 0.2) is 6.29 Å². The Labute approximate surface area is 129 Å². The first kappa shape index (κ1) is 14.3. The average molecular weight is 383 g/mol. The molecule has 0 saturated carbocycles. The summed E-state index contributed by atoms with van der Waals surface area (Å²) >= 11 is 6.92. The molecule has 0 unspecified atom stereocenters. The molecule has 0 fully saturated rings. The summed E-state index contributed by atoms with van der Waals surface area (Å²) in [5.41, 5.74) is 2.79.